The monoisotopic (exact) mass is 256 g/mol. The second-order valence-corrected chi connectivity index (χ2v) is 4.06. The van der Waals surface area contributed by atoms with Gasteiger partial charge in [-0.2, -0.15) is 0 Å². The average molecular weight is 257 g/mol. The Hall–Kier alpha value is -0.870. The summed E-state index contributed by atoms with van der Waals surface area (Å²) < 4.78 is 1.04. The van der Waals surface area contributed by atoms with Gasteiger partial charge in [0.05, 0.1) is 6.54 Å². The van der Waals surface area contributed by atoms with Crippen LogP contribution in [0.15, 0.2) is 22.7 Å². The molecule has 0 fully saturated rings. The Bertz CT molecular complexity index is 339. The molecule has 1 aromatic rings. The highest BCUT2D eigenvalue weighted by molar-refractivity contribution is 9.10. The number of nitrogens with one attached hydrogen (secondary N) is 1. The van der Waals surface area contributed by atoms with E-state index in [1.807, 2.05) is 25.1 Å². The van der Waals surface area contributed by atoms with Crippen molar-refractivity contribution in [2.75, 3.05) is 6.54 Å². The number of hydrogen-bond acceptors (Lipinski definition) is 2. The largest absolute Gasteiger partial charge is 0.369 e. The molecule has 0 bridgehead atoms. The zero-order valence-corrected chi connectivity index (χ0v) is 9.60. The SMILES string of the molecule is Cc1ccc(Br)cc1CNCC(N)=O. The summed E-state index contributed by atoms with van der Waals surface area (Å²) in [6, 6.07) is 6.06. The number of benzene rings is 1. The van der Waals surface area contributed by atoms with Crippen molar-refractivity contribution in [3.05, 3.63) is 33.8 Å². The first-order valence-electron chi connectivity index (χ1n) is 4.33. The average Bonchev–Trinajstić information content (AvgIpc) is 2.10. The summed E-state index contributed by atoms with van der Waals surface area (Å²) in [6.07, 6.45) is 0. The molecule has 0 aromatic heterocycles. The smallest absolute Gasteiger partial charge is 0.231 e. The molecule has 0 saturated heterocycles. The van der Waals surface area contributed by atoms with Crippen molar-refractivity contribution in [3.63, 3.8) is 0 Å². The number of amides is 1. The number of carbonyl (C=O) groups is 1. The summed E-state index contributed by atoms with van der Waals surface area (Å²) in [6.45, 7) is 2.91. The number of hydrogen-bond donors (Lipinski definition) is 2. The van der Waals surface area contributed by atoms with Crippen LogP contribution in [0.4, 0.5) is 0 Å². The summed E-state index contributed by atoms with van der Waals surface area (Å²) >= 11 is 3.40. The summed E-state index contributed by atoms with van der Waals surface area (Å²) in [4.78, 5) is 10.5. The highest BCUT2D eigenvalue weighted by Gasteiger charge is 1.99. The third-order valence-electron chi connectivity index (χ3n) is 1.93. The molecule has 0 aliphatic heterocycles. The van der Waals surface area contributed by atoms with Crippen LogP contribution in [-0.4, -0.2) is 12.5 Å². The predicted molar refractivity (Wildman–Crippen MR) is 59.8 cm³/mol. The van der Waals surface area contributed by atoms with E-state index in [0.29, 0.717) is 6.54 Å². The molecule has 0 unspecified atom stereocenters. The van der Waals surface area contributed by atoms with E-state index in [1.165, 1.54) is 11.1 Å². The van der Waals surface area contributed by atoms with Crippen LogP contribution in [0.25, 0.3) is 0 Å². The molecular formula is C10H13BrN2O. The molecule has 0 spiro atoms. The van der Waals surface area contributed by atoms with Gasteiger partial charge in [0.15, 0.2) is 0 Å². The number of primary amides is 1. The molecule has 3 N–H and O–H groups in total. The molecule has 0 atom stereocenters. The van der Waals surface area contributed by atoms with Gasteiger partial charge in [-0.25, -0.2) is 0 Å². The van der Waals surface area contributed by atoms with E-state index < -0.39 is 0 Å². The third kappa shape index (κ3) is 3.47. The summed E-state index contributed by atoms with van der Waals surface area (Å²) in [5.74, 6) is -0.336. The molecule has 0 heterocycles. The van der Waals surface area contributed by atoms with E-state index in [-0.39, 0.29) is 12.5 Å². The van der Waals surface area contributed by atoms with E-state index in [4.69, 9.17) is 5.73 Å². The second kappa shape index (κ2) is 5.12. The van der Waals surface area contributed by atoms with Crippen molar-refractivity contribution in [2.45, 2.75) is 13.5 Å². The summed E-state index contributed by atoms with van der Waals surface area (Å²) in [5, 5.41) is 2.97. The van der Waals surface area contributed by atoms with Gasteiger partial charge in [-0.3, -0.25) is 4.79 Å². The third-order valence-corrected chi connectivity index (χ3v) is 2.42. The second-order valence-electron chi connectivity index (χ2n) is 3.14. The van der Waals surface area contributed by atoms with Gasteiger partial charge in [-0.05, 0) is 30.2 Å². The van der Waals surface area contributed by atoms with Crippen molar-refractivity contribution in [2.24, 2.45) is 5.73 Å². The lowest BCUT2D eigenvalue weighted by atomic mass is 10.1. The van der Waals surface area contributed by atoms with E-state index in [2.05, 4.69) is 21.2 Å². The Balaban J connectivity index is 2.57. The minimum atomic E-state index is -0.336. The Morgan fingerprint density at radius 1 is 1.57 bits per heavy atom. The fourth-order valence-electron chi connectivity index (χ4n) is 1.15. The number of rotatable bonds is 4. The van der Waals surface area contributed by atoms with E-state index in [1.54, 1.807) is 0 Å². The molecule has 1 aromatic carbocycles. The maximum atomic E-state index is 10.5. The van der Waals surface area contributed by atoms with Gasteiger partial charge in [0.25, 0.3) is 0 Å². The molecule has 0 aliphatic carbocycles. The molecule has 0 aliphatic rings. The minimum Gasteiger partial charge on any atom is -0.369 e. The molecule has 3 nitrogen and oxygen atoms in total. The Labute approximate surface area is 91.8 Å². The van der Waals surface area contributed by atoms with E-state index >= 15 is 0 Å². The highest BCUT2D eigenvalue weighted by Crippen LogP contribution is 2.15. The van der Waals surface area contributed by atoms with Gasteiger partial charge in [-0.1, -0.05) is 22.0 Å². The molecule has 14 heavy (non-hydrogen) atoms. The van der Waals surface area contributed by atoms with Crippen LogP contribution >= 0.6 is 15.9 Å². The molecule has 0 saturated carbocycles. The predicted octanol–water partition coefficient (Wildman–Crippen LogP) is 1.33. The van der Waals surface area contributed by atoms with Gasteiger partial charge in [0, 0.05) is 11.0 Å². The van der Waals surface area contributed by atoms with Crippen molar-refractivity contribution in [1.29, 1.82) is 0 Å². The zero-order valence-electron chi connectivity index (χ0n) is 8.01. The Kier molecular flexibility index (Phi) is 4.10. The van der Waals surface area contributed by atoms with Gasteiger partial charge < -0.3 is 11.1 Å². The van der Waals surface area contributed by atoms with Crippen molar-refractivity contribution in [3.8, 4) is 0 Å². The van der Waals surface area contributed by atoms with Crippen LogP contribution in [0.3, 0.4) is 0 Å². The molecule has 1 rings (SSSR count). The molecule has 4 heteroatoms. The summed E-state index contributed by atoms with van der Waals surface area (Å²) in [7, 11) is 0. The minimum absolute atomic E-state index is 0.214. The van der Waals surface area contributed by atoms with Gasteiger partial charge in [0.2, 0.25) is 5.91 Å². The standard InChI is InChI=1S/C10H13BrN2O/c1-7-2-3-9(11)4-8(7)5-13-6-10(12)14/h2-4,13H,5-6H2,1H3,(H2,12,14). The van der Waals surface area contributed by atoms with Crippen LogP contribution in [-0.2, 0) is 11.3 Å². The maximum Gasteiger partial charge on any atom is 0.231 e. The van der Waals surface area contributed by atoms with Crippen molar-refractivity contribution >= 4 is 21.8 Å². The lowest BCUT2D eigenvalue weighted by Gasteiger charge is -2.06. The first kappa shape index (κ1) is 11.2. The van der Waals surface area contributed by atoms with Gasteiger partial charge in [-0.15, -0.1) is 0 Å². The highest BCUT2D eigenvalue weighted by atomic mass is 79.9. The fourth-order valence-corrected chi connectivity index (χ4v) is 1.56. The number of halogens is 1. The fraction of sp³-hybridized carbons (Fsp3) is 0.300. The number of aryl methyl sites for hydroxylation is 1. The Morgan fingerprint density at radius 3 is 2.93 bits per heavy atom. The van der Waals surface area contributed by atoms with Crippen LogP contribution in [0.5, 0.6) is 0 Å². The quantitative estimate of drug-likeness (QED) is 0.855. The maximum absolute atomic E-state index is 10.5. The Morgan fingerprint density at radius 2 is 2.29 bits per heavy atom. The van der Waals surface area contributed by atoms with Gasteiger partial charge in [0.1, 0.15) is 0 Å². The first-order valence-corrected chi connectivity index (χ1v) is 5.13. The summed E-state index contributed by atoms with van der Waals surface area (Å²) in [5.41, 5.74) is 7.38. The molecule has 1 amide bonds. The van der Waals surface area contributed by atoms with E-state index in [0.717, 1.165) is 4.47 Å². The topological polar surface area (TPSA) is 55.1 Å². The molecule has 76 valence electrons. The zero-order chi connectivity index (χ0) is 10.6. The number of carbonyl (C=O) groups excluding carboxylic acids is 1. The normalized spacial score (nSPS) is 10.1. The van der Waals surface area contributed by atoms with Crippen LogP contribution in [0, 0.1) is 6.92 Å². The molecule has 0 radical (unpaired) electrons. The van der Waals surface area contributed by atoms with Crippen molar-refractivity contribution in [1.82, 2.24) is 5.32 Å². The van der Waals surface area contributed by atoms with E-state index in [9.17, 15) is 4.79 Å². The first-order chi connectivity index (χ1) is 6.59. The lowest BCUT2D eigenvalue weighted by Crippen LogP contribution is -2.28. The number of nitrogens with two attached hydrogens (primary N) is 1. The van der Waals surface area contributed by atoms with Gasteiger partial charge >= 0.3 is 0 Å². The van der Waals surface area contributed by atoms with Crippen LogP contribution < -0.4 is 11.1 Å². The van der Waals surface area contributed by atoms with Crippen LogP contribution in [0.2, 0.25) is 0 Å². The molecular weight excluding hydrogens is 244 g/mol. The van der Waals surface area contributed by atoms with Crippen molar-refractivity contribution < 1.29 is 4.79 Å². The van der Waals surface area contributed by atoms with Crippen LogP contribution in [0.1, 0.15) is 11.1 Å². The lowest BCUT2D eigenvalue weighted by molar-refractivity contribution is -0.117.